The lowest BCUT2D eigenvalue weighted by atomic mass is 9.94. The maximum absolute atomic E-state index is 10.8. The van der Waals surface area contributed by atoms with E-state index in [9.17, 15) is 4.79 Å². The Morgan fingerprint density at radius 1 is 1.35 bits per heavy atom. The molecule has 0 aliphatic heterocycles. The van der Waals surface area contributed by atoms with E-state index in [0.717, 1.165) is 12.8 Å². The van der Waals surface area contributed by atoms with Crippen molar-refractivity contribution in [2.24, 2.45) is 0 Å². The highest BCUT2D eigenvalue weighted by molar-refractivity contribution is 5.86. The van der Waals surface area contributed by atoms with Crippen LogP contribution in [0.5, 0.6) is 0 Å². The highest BCUT2D eigenvalue weighted by Crippen LogP contribution is 2.24. The maximum atomic E-state index is 10.8. The number of carboxylic acids is 1. The Morgan fingerprint density at radius 2 is 2.06 bits per heavy atom. The first kappa shape index (κ1) is 11.8. The molecule has 0 amide bonds. The van der Waals surface area contributed by atoms with E-state index in [0.29, 0.717) is 11.9 Å². The summed E-state index contributed by atoms with van der Waals surface area (Å²) in [6.45, 7) is 0. The van der Waals surface area contributed by atoms with E-state index < -0.39 is 5.97 Å². The van der Waals surface area contributed by atoms with Crippen molar-refractivity contribution < 1.29 is 9.90 Å². The molecule has 92 valence electrons. The van der Waals surface area contributed by atoms with Crippen LogP contribution in [0.15, 0.2) is 12.4 Å². The number of carboxylic acid groups (broad SMARTS) is 1. The molecule has 5 heteroatoms. The van der Waals surface area contributed by atoms with Crippen LogP contribution in [-0.4, -0.2) is 34.1 Å². The monoisotopic (exact) mass is 235 g/mol. The van der Waals surface area contributed by atoms with E-state index in [4.69, 9.17) is 5.11 Å². The maximum Gasteiger partial charge on any atom is 0.354 e. The van der Waals surface area contributed by atoms with Crippen molar-refractivity contribution in [3.63, 3.8) is 0 Å². The molecule has 1 heterocycles. The Labute approximate surface area is 100 Å². The number of nitrogens with zero attached hydrogens (tertiary/aromatic N) is 3. The Kier molecular flexibility index (Phi) is 3.56. The van der Waals surface area contributed by atoms with Gasteiger partial charge in [0, 0.05) is 19.2 Å². The zero-order valence-corrected chi connectivity index (χ0v) is 9.96. The fourth-order valence-electron chi connectivity index (χ4n) is 2.31. The number of anilines is 1. The standard InChI is InChI=1S/C12H17N3O2/c1-15(9-5-3-2-4-6-9)11-7-10(12(16)17)13-8-14-11/h7-9H,2-6H2,1H3,(H,16,17). The summed E-state index contributed by atoms with van der Waals surface area (Å²) < 4.78 is 0. The molecule has 1 N–H and O–H groups in total. The van der Waals surface area contributed by atoms with E-state index >= 15 is 0 Å². The quantitative estimate of drug-likeness (QED) is 0.867. The Hall–Kier alpha value is -1.65. The van der Waals surface area contributed by atoms with Gasteiger partial charge in [0.2, 0.25) is 0 Å². The van der Waals surface area contributed by atoms with Crippen molar-refractivity contribution in [2.75, 3.05) is 11.9 Å². The highest BCUT2D eigenvalue weighted by Gasteiger charge is 2.20. The number of rotatable bonds is 3. The topological polar surface area (TPSA) is 66.3 Å². The van der Waals surface area contributed by atoms with Crippen LogP contribution in [0.2, 0.25) is 0 Å². The Morgan fingerprint density at radius 3 is 2.71 bits per heavy atom. The second-order valence-electron chi connectivity index (χ2n) is 4.47. The van der Waals surface area contributed by atoms with Crippen molar-refractivity contribution in [2.45, 2.75) is 38.1 Å². The van der Waals surface area contributed by atoms with Crippen LogP contribution < -0.4 is 4.90 Å². The van der Waals surface area contributed by atoms with Crippen LogP contribution in [0.4, 0.5) is 5.82 Å². The highest BCUT2D eigenvalue weighted by atomic mass is 16.4. The third kappa shape index (κ3) is 2.72. The smallest absolute Gasteiger partial charge is 0.354 e. The molecule has 1 saturated carbocycles. The minimum atomic E-state index is -1.01. The van der Waals surface area contributed by atoms with Gasteiger partial charge in [0.05, 0.1) is 0 Å². The van der Waals surface area contributed by atoms with Gasteiger partial charge in [-0.3, -0.25) is 0 Å². The van der Waals surface area contributed by atoms with Gasteiger partial charge in [-0.15, -0.1) is 0 Å². The molecule has 0 aromatic carbocycles. The third-order valence-electron chi connectivity index (χ3n) is 3.36. The molecule has 1 aromatic heterocycles. The molecule has 1 aliphatic carbocycles. The lowest BCUT2D eigenvalue weighted by Gasteiger charge is -2.31. The summed E-state index contributed by atoms with van der Waals surface area (Å²) in [7, 11) is 1.98. The Bertz CT molecular complexity index is 402. The van der Waals surface area contributed by atoms with Crippen molar-refractivity contribution >= 4 is 11.8 Å². The molecule has 0 bridgehead atoms. The number of hydrogen-bond donors (Lipinski definition) is 1. The summed E-state index contributed by atoms with van der Waals surface area (Å²) in [6.07, 6.45) is 7.41. The molecule has 0 saturated heterocycles. The number of aromatic carboxylic acids is 1. The number of carbonyl (C=O) groups is 1. The lowest BCUT2D eigenvalue weighted by Crippen LogP contribution is -2.34. The summed E-state index contributed by atoms with van der Waals surface area (Å²) in [5.41, 5.74) is 0.0534. The van der Waals surface area contributed by atoms with Crippen LogP contribution >= 0.6 is 0 Å². The molecular formula is C12H17N3O2. The van der Waals surface area contributed by atoms with E-state index in [1.54, 1.807) is 0 Å². The molecule has 1 aliphatic rings. The minimum absolute atomic E-state index is 0.0534. The van der Waals surface area contributed by atoms with Crippen molar-refractivity contribution in [3.8, 4) is 0 Å². The van der Waals surface area contributed by atoms with Gasteiger partial charge in [-0.25, -0.2) is 14.8 Å². The molecule has 0 atom stereocenters. The summed E-state index contributed by atoms with van der Waals surface area (Å²) in [4.78, 5) is 20.8. The molecule has 0 radical (unpaired) electrons. The van der Waals surface area contributed by atoms with Crippen LogP contribution in [0.25, 0.3) is 0 Å². The normalized spacial score (nSPS) is 16.8. The fraction of sp³-hybridized carbons (Fsp3) is 0.583. The van der Waals surface area contributed by atoms with Crippen molar-refractivity contribution in [3.05, 3.63) is 18.1 Å². The van der Waals surface area contributed by atoms with Gasteiger partial charge < -0.3 is 10.0 Å². The average molecular weight is 235 g/mol. The van der Waals surface area contributed by atoms with Crippen LogP contribution in [0, 0.1) is 0 Å². The second kappa shape index (κ2) is 5.12. The predicted octanol–water partition coefficient (Wildman–Crippen LogP) is 1.94. The fourth-order valence-corrected chi connectivity index (χ4v) is 2.31. The van der Waals surface area contributed by atoms with Crippen LogP contribution in [0.3, 0.4) is 0 Å². The summed E-state index contributed by atoms with van der Waals surface area (Å²) in [5.74, 6) is -0.310. The second-order valence-corrected chi connectivity index (χ2v) is 4.47. The predicted molar refractivity (Wildman–Crippen MR) is 64.3 cm³/mol. The minimum Gasteiger partial charge on any atom is -0.477 e. The molecule has 0 spiro atoms. The van der Waals surface area contributed by atoms with Gasteiger partial charge in [-0.2, -0.15) is 0 Å². The van der Waals surface area contributed by atoms with Crippen LogP contribution in [-0.2, 0) is 0 Å². The van der Waals surface area contributed by atoms with E-state index in [1.165, 1.54) is 31.7 Å². The van der Waals surface area contributed by atoms with Crippen LogP contribution in [0.1, 0.15) is 42.6 Å². The van der Waals surface area contributed by atoms with Gasteiger partial charge in [0.25, 0.3) is 0 Å². The van der Waals surface area contributed by atoms with Crippen molar-refractivity contribution in [1.82, 2.24) is 9.97 Å². The summed E-state index contributed by atoms with van der Waals surface area (Å²) in [6, 6.07) is 2.01. The van der Waals surface area contributed by atoms with E-state index in [1.807, 2.05) is 7.05 Å². The Balaban J connectivity index is 2.14. The molecule has 1 fully saturated rings. The van der Waals surface area contributed by atoms with Gasteiger partial charge in [0.1, 0.15) is 12.1 Å². The molecule has 17 heavy (non-hydrogen) atoms. The first-order valence-electron chi connectivity index (χ1n) is 5.96. The zero-order valence-electron chi connectivity index (χ0n) is 9.96. The molecular weight excluding hydrogens is 218 g/mol. The zero-order chi connectivity index (χ0) is 12.3. The lowest BCUT2D eigenvalue weighted by molar-refractivity contribution is 0.0690. The average Bonchev–Trinajstić information content (AvgIpc) is 2.39. The summed E-state index contributed by atoms with van der Waals surface area (Å²) >= 11 is 0. The van der Waals surface area contributed by atoms with Gasteiger partial charge in [-0.05, 0) is 12.8 Å². The molecule has 2 rings (SSSR count). The molecule has 5 nitrogen and oxygen atoms in total. The third-order valence-corrected chi connectivity index (χ3v) is 3.36. The van der Waals surface area contributed by atoms with E-state index in [-0.39, 0.29) is 5.69 Å². The molecule has 0 unspecified atom stereocenters. The van der Waals surface area contributed by atoms with Crippen molar-refractivity contribution in [1.29, 1.82) is 0 Å². The van der Waals surface area contributed by atoms with Gasteiger partial charge >= 0.3 is 5.97 Å². The first-order valence-corrected chi connectivity index (χ1v) is 5.96. The molecule has 1 aromatic rings. The largest absolute Gasteiger partial charge is 0.477 e. The SMILES string of the molecule is CN(c1cc(C(=O)O)ncn1)C1CCCCC1. The summed E-state index contributed by atoms with van der Waals surface area (Å²) in [5, 5.41) is 8.89. The first-order chi connectivity index (χ1) is 8.18. The van der Waals surface area contributed by atoms with E-state index in [2.05, 4.69) is 14.9 Å². The van der Waals surface area contributed by atoms with Gasteiger partial charge in [0.15, 0.2) is 5.69 Å². The number of hydrogen-bond acceptors (Lipinski definition) is 4. The van der Waals surface area contributed by atoms with Gasteiger partial charge in [-0.1, -0.05) is 19.3 Å². The number of aromatic nitrogens is 2.